The van der Waals surface area contributed by atoms with Crippen molar-refractivity contribution in [3.05, 3.63) is 75.2 Å². The zero-order valence-electron chi connectivity index (χ0n) is 17.6. The molecule has 2 amide bonds. The van der Waals surface area contributed by atoms with E-state index in [4.69, 9.17) is 0 Å². The Kier molecular flexibility index (Phi) is 6.11. The third-order valence-electron chi connectivity index (χ3n) is 5.71. The lowest BCUT2D eigenvalue weighted by molar-refractivity contribution is 0.0843. The lowest BCUT2D eigenvalue weighted by Gasteiger charge is -2.12. The van der Waals surface area contributed by atoms with Crippen LogP contribution >= 0.6 is 0 Å². The molecule has 0 spiro atoms. The van der Waals surface area contributed by atoms with Gasteiger partial charge in [0.15, 0.2) is 5.69 Å². The average Bonchev–Trinajstić information content (AvgIpc) is 3.27. The minimum Gasteiger partial charge on any atom is -0.267 e. The number of nitrogens with zero attached hydrogens (tertiary/aromatic N) is 2. The van der Waals surface area contributed by atoms with Crippen LogP contribution in [-0.2, 0) is 19.4 Å². The molecule has 31 heavy (non-hydrogen) atoms. The molecule has 0 fully saturated rings. The molecule has 2 N–H and O–H groups in total. The second-order valence-corrected chi connectivity index (χ2v) is 7.87. The first-order valence-corrected chi connectivity index (χ1v) is 10.8. The van der Waals surface area contributed by atoms with Crippen LogP contribution < -0.4 is 16.4 Å². The molecule has 1 aliphatic carbocycles. The summed E-state index contributed by atoms with van der Waals surface area (Å²) in [6.45, 7) is 2.53. The van der Waals surface area contributed by atoms with Gasteiger partial charge in [-0.05, 0) is 55.0 Å². The highest BCUT2D eigenvalue weighted by atomic mass is 16.2. The lowest BCUT2D eigenvalue weighted by Crippen LogP contribution is -2.42. The highest BCUT2D eigenvalue weighted by Crippen LogP contribution is 2.22. The van der Waals surface area contributed by atoms with Gasteiger partial charge in [0.25, 0.3) is 17.4 Å². The molecule has 0 unspecified atom stereocenters. The Morgan fingerprint density at radius 1 is 0.968 bits per heavy atom. The van der Waals surface area contributed by atoms with E-state index in [9.17, 15) is 14.4 Å². The first-order valence-electron chi connectivity index (χ1n) is 10.8. The Bertz CT molecular complexity index is 1200. The van der Waals surface area contributed by atoms with Gasteiger partial charge in [-0.15, -0.1) is 0 Å². The largest absolute Gasteiger partial charge is 0.290 e. The summed E-state index contributed by atoms with van der Waals surface area (Å²) < 4.78 is 1.34. The maximum absolute atomic E-state index is 12.9. The van der Waals surface area contributed by atoms with E-state index in [0.29, 0.717) is 22.9 Å². The molecule has 0 atom stereocenters. The Balaban J connectivity index is 1.54. The minimum atomic E-state index is -0.560. The summed E-state index contributed by atoms with van der Waals surface area (Å²) >= 11 is 0. The van der Waals surface area contributed by atoms with E-state index in [1.54, 1.807) is 30.3 Å². The number of rotatable bonds is 6. The molecular weight excluding hydrogens is 392 g/mol. The molecule has 0 radical (unpaired) electrons. The van der Waals surface area contributed by atoms with Gasteiger partial charge >= 0.3 is 0 Å². The zero-order chi connectivity index (χ0) is 21.8. The molecule has 7 heteroatoms. The SMILES string of the molecule is CCCCCn1nc(C(=O)NNC(=O)c2ccc3c(c2)CCC3)c2ccccc2c1=O. The second kappa shape index (κ2) is 9.12. The van der Waals surface area contributed by atoms with Crippen LogP contribution in [0.5, 0.6) is 0 Å². The van der Waals surface area contributed by atoms with Gasteiger partial charge < -0.3 is 0 Å². The van der Waals surface area contributed by atoms with Crippen LogP contribution in [0.2, 0.25) is 0 Å². The molecule has 2 aromatic carbocycles. The van der Waals surface area contributed by atoms with Gasteiger partial charge in [-0.2, -0.15) is 5.10 Å². The summed E-state index contributed by atoms with van der Waals surface area (Å²) in [6.07, 6.45) is 5.91. The number of aromatic nitrogens is 2. The first kappa shape index (κ1) is 20.8. The van der Waals surface area contributed by atoms with Gasteiger partial charge in [-0.1, -0.05) is 44.0 Å². The van der Waals surface area contributed by atoms with Crippen molar-refractivity contribution in [1.82, 2.24) is 20.6 Å². The fourth-order valence-electron chi connectivity index (χ4n) is 4.02. The van der Waals surface area contributed by atoms with Gasteiger partial charge in [0.05, 0.1) is 5.39 Å². The molecule has 7 nitrogen and oxygen atoms in total. The number of carbonyl (C=O) groups excluding carboxylic acids is 2. The van der Waals surface area contributed by atoms with Crippen molar-refractivity contribution in [1.29, 1.82) is 0 Å². The predicted octanol–water partition coefficient (Wildman–Crippen LogP) is 3.15. The van der Waals surface area contributed by atoms with Crippen LogP contribution in [0, 0.1) is 0 Å². The minimum absolute atomic E-state index is 0.112. The second-order valence-electron chi connectivity index (χ2n) is 7.87. The number of unbranched alkanes of at least 4 members (excludes halogenated alkanes) is 2. The molecule has 4 rings (SSSR count). The third kappa shape index (κ3) is 4.35. The summed E-state index contributed by atoms with van der Waals surface area (Å²) in [5.74, 6) is -0.946. The Labute approximate surface area is 180 Å². The number of nitrogens with one attached hydrogen (secondary N) is 2. The Morgan fingerprint density at radius 2 is 1.71 bits per heavy atom. The van der Waals surface area contributed by atoms with E-state index < -0.39 is 5.91 Å². The number of amides is 2. The number of hydrogen-bond acceptors (Lipinski definition) is 4. The fourth-order valence-corrected chi connectivity index (χ4v) is 4.02. The van der Waals surface area contributed by atoms with E-state index in [1.165, 1.54) is 15.8 Å². The molecule has 1 aliphatic rings. The molecule has 1 heterocycles. The van der Waals surface area contributed by atoms with Crippen LogP contribution in [-0.4, -0.2) is 21.6 Å². The molecule has 160 valence electrons. The van der Waals surface area contributed by atoms with E-state index in [2.05, 4.69) is 22.9 Å². The van der Waals surface area contributed by atoms with Crippen LogP contribution in [0.4, 0.5) is 0 Å². The van der Waals surface area contributed by atoms with Gasteiger partial charge in [0, 0.05) is 17.5 Å². The van der Waals surface area contributed by atoms with Gasteiger partial charge in [-0.25, -0.2) is 4.68 Å². The molecule has 0 bridgehead atoms. The monoisotopic (exact) mass is 418 g/mol. The maximum atomic E-state index is 12.9. The van der Waals surface area contributed by atoms with E-state index >= 15 is 0 Å². The molecule has 0 saturated carbocycles. The van der Waals surface area contributed by atoms with Crippen molar-refractivity contribution >= 4 is 22.6 Å². The van der Waals surface area contributed by atoms with Crippen molar-refractivity contribution in [2.45, 2.75) is 52.0 Å². The number of hydrazine groups is 1. The van der Waals surface area contributed by atoms with E-state index in [0.717, 1.165) is 38.5 Å². The molecular formula is C24H26N4O3. The predicted molar refractivity (Wildman–Crippen MR) is 119 cm³/mol. The van der Waals surface area contributed by atoms with Gasteiger partial charge in [0.1, 0.15) is 0 Å². The number of carbonyl (C=O) groups is 2. The highest BCUT2D eigenvalue weighted by molar-refractivity contribution is 6.06. The van der Waals surface area contributed by atoms with Crippen LogP contribution in [0.1, 0.15) is 64.6 Å². The number of benzene rings is 2. The normalized spacial score (nSPS) is 12.5. The molecule has 1 aromatic heterocycles. The number of hydrogen-bond donors (Lipinski definition) is 2. The zero-order valence-corrected chi connectivity index (χ0v) is 17.6. The highest BCUT2D eigenvalue weighted by Gasteiger charge is 2.18. The summed E-state index contributed by atoms with van der Waals surface area (Å²) in [6, 6.07) is 12.5. The van der Waals surface area contributed by atoms with Gasteiger partial charge in [-0.3, -0.25) is 25.2 Å². The number of fused-ring (bicyclic) bond motifs is 2. The van der Waals surface area contributed by atoms with Crippen molar-refractivity contribution in [2.75, 3.05) is 0 Å². The molecule has 0 aliphatic heterocycles. The molecule has 3 aromatic rings. The maximum Gasteiger partial charge on any atom is 0.290 e. The van der Waals surface area contributed by atoms with Crippen LogP contribution in [0.3, 0.4) is 0 Å². The van der Waals surface area contributed by atoms with Crippen molar-refractivity contribution in [3.63, 3.8) is 0 Å². The fraction of sp³-hybridized carbons (Fsp3) is 0.333. The standard InChI is InChI=1S/C24H26N4O3/c1-2-3-6-14-28-24(31)20-11-5-4-10-19(20)21(27-28)23(30)26-25-22(29)18-13-12-16-8-7-9-17(16)15-18/h4-5,10-13,15H,2-3,6-9,14H2,1H3,(H,25,29)(H,26,30). The smallest absolute Gasteiger partial charge is 0.267 e. The number of aryl methyl sites for hydroxylation is 3. The van der Waals surface area contributed by atoms with E-state index in [-0.39, 0.29) is 17.2 Å². The van der Waals surface area contributed by atoms with Gasteiger partial charge in [0.2, 0.25) is 0 Å². The Morgan fingerprint density at radius 3 is 2.52 bits per heavy atom. The van der Waals surface area contributed by atoms with Crippen molar-refractivity contribution < 1.29 is 9.59 Å². The molecule has 0 saturated heterocycles. The summed E-state index contributed by atoms with van der Waals surface area (Å²) in [5.41, 5.74) is 7.79. The Hall–Kier alpha value is -3.48. The summed E-state index contributed by atoms with van der Waals surface area (Å²) in [5, 5.41) is 5.21. The topological polar surface area (TPSA) is 93.1 Å². The van der Waals surface area contributed by atoms with Crippen LogP contribution in [0.15, 0.2) is 47.3 Å². The van der Waals surface area contributed by atoms with Crippen LogP contribution in [0.25, 0.3) is 10.8 Å². The van der Waals surface area contributed by atoms with Crippen molar-refractivity contribution in [3.8, 4) is 0 Å². The first-order chi connectivity index (χ1) is 15.1. The summed E-state index contributed by atoms with van der Waals surface area (Å²) in [4.78, 5) is 38.1. The quantitative estimate of drug-likeness (QED) is 0.475. The lowest BCUT2D eigenvalue weighted by atomic mass is 10.1. The summed E-state index contributed by atoms with van der Waals surface area (Å²) in [7, 11) is 0. The van der Waals surface area contributed by atoms with Crippen molar-refractivity contribution in [2.24, 2.45) is 0 Å². The van der Waals surface area contributed by atoms with E-state index in [1.807, 2.05) is 12.1 Å². The third-order valence-corrected chi connectivity index (χ3v) is 5.71. The average molecular weight is 418 g/mol.